The summed E-state index contributed by atoms with van der Waals surface area (Å²) in [5, 5.41) is 10.5. The molecule has 3 aliphatic heterocycles. The van der Waals surface area contributed by atoms with Crippen LogP contribution in [0.1, 0.15) is 0 Å². The minimum absolute atomic E-state index is 0. The van der Waals surface area contributed by atoms with E-state index in [4.69, 9.17) is 5.84 Å². The molecule has 9 heteroatoms. The van der Waals surface area contributed by atoms with Crippen LogP contribution in [0.5, 0.6) is 0 Å². The van der Waals surface area contributed by atoms with Gasteiger partial charge in [0.2, 0.25) is 0 Å². The summed E-state index contributed by atoms with van der Waals surface area (Å²) in [4.78, 5) is 17.0. The van der Waals surface area contributed by atoms with Crippen molar-refractivity contribution in [3.05, 3.63) is 34.8 Å². The van der Waals surface area contributed by atoms with Crippen molar-refractivity contribution >= 4 is 35.9 Å². The third-order valence-electron chi connectivity index (χ3n) is 2.85. The van der Waals surface area contributed by atoms with E-state index in [0.717, 1.165) is 17.9 Å². The van der Waals surface area contributed by atoms with Gasteiger partial charge in [-0.2, -0.15) is 0 Å². The first-order chi connectivity index (χ1) is 9.25. The fraction of sp³-hybridized carbons (Fsp3) is 0.273. The van der Waals surface area contributed by atoms with Crippen molar-refractivity contribution in [2.75, 3.05) is 19.0 Å². The summed E-state index contributed by atoms with van der Waals surface area (Å²) in [7, 11) is 0. The van der Waals surface area contributed by atoms with E-state index in [1.807, 2.05) is 6.08 Å². The van der Waals surface area contributed by atoms with Gasteiger partial charge in [0.1, 0.15) is 12.5 Å². The minimum atomic E-state index is -0.127. The van der Waals surface area contributed by atoms with E-state index in [9.17, 15) is 4.79 Å². The number of halogens is 1. The number of hydrazine groups is 1. The number of hydrogen-bond acceptors (Lipinski definition) is 7. The molecule has 0 fully saturated rings. The SMILES string of the molecule is Cl.NN1CNC(NC(=O)C2=CNCCS2)=C2C=CN=C21. The molecule has 20 heavy (non-hydrogen) atoms. The largest absolute Gasteiger partial charge is 0.389 e. The lowest BCUT2D eigenvalue weighted by atomic mass is 10.2. The van der Waals surface area contributed by atoms with E-state index in [2.05, 4.69) is 20.9 Å². The lowest BCUT2D eigenvalue weighted by Crippen LogP contribution is -2.51. The lowest BCUT2D eigenvalue weighted by molar-refractivity contribution is -0.116. The number of nitrogens with one attached hydrogen (secondary N) is 3. The molecule has 5 N–H and O–H groups in total. The number of nitrogens with two attached hydrogens (primary N) is 1. The Bertz CT molecular complexity index is 541. The maximum atomic E-state index is 12.1. The average molecular weight is 315 g/mol. The zero-order valence-electron chi connectivity index (χ0n) is 10.5. The van der Waals surface area contributed by atoms with Crippen molar-refractivity contribution < 1.29 is 4.79 Å². The summed E-state index contributed by atoms with van der Waals surface area (Å²) in [6, 6.07) is 0. The molecule has 0 bridgehead atoms. The molecular formula is C11H15ClN6OS. The van der Waals surface area contributed by atoms with Crippen LogP contribution in [0.3, 0.4) is 0 Å². The first-order valence-electron chi connectivity index (χ1n) is 5.88. The van der Waals surface area contributed by atoms with Crippen LogP contribution < -0.4 is 21.8 Å². The molecule has 0 unspecified atom stereocenters. The number of hydrogen-bond donors (Lipinski definition) is 4. The van der Waals surface area contributed by atoms with Crippen molar-refractivity contribution in [2.24, 2.45) is 10.8 Å². The Labute approximate surface area is 126 Å². The van der Waals surface area contributed by atoms with Crippen molar-refractivity contribution in [1.29, 1.82) is 0 Å². The second-order valence-electron chi connectivity index (χ2n) is 4.13. The van der Waals surface area contributed by atoms with Crippen LogP contribution in [0.15, 0.2) is 39.8 Å². The highest BCUT2D eigenvalue weighted by Crippen LogP contribution is 2.20. The minimum Gasteiger partial charge on any atom is -0.389 e. The molecule has 3 aliphatic rings. The van der Waals surface area contributed by atoms with Gasteiger partial charge in [-0.15, -0.1) is 24.2 Å². The van der Waals surface area contributed by atoms with Gasteiger partial charge in [-0.05, 0) is 6.08 Å². The van der Waals surface area contributed by atoms with E-state index in [0.29, 0.717) is 23.2 Å². The monoisotopic (exact) mass is 314 g/mol. The smallest absolute Gasteiger partial charge is 0.264 e. The summed E-state index contributed by atoms with van der Waals surface area (Å²) in [5.74, 6) is 7.86. The molecule has 0 aromatic carbocycles. The summed E-state index contributed by atoms with van der Waals surface area (Å²) in [5.41, 5.74) is 0.802. The van der Waals surface area contributed by atoms with Gasteiger partial charge in [0.25, 0.3) is 5.91 Å². The summed E-state index contributed by atoms with van der Waals surface area (Å²) in [6.45, 7) is 1.29. The Kier molecular flexibility index (Phi) is 4.58. The topological polar surface area (TPSA) is 94.8 Å². The third kappa shape index (κ3) is 2.77. The maximum absolute atomic E-state index is 12.1. The Morgan fingerprint density at radius 1 is 1.55 bits per heavy atom. The van der Waals surface area contributed by atoms with Gasteiger partial charge in [0.15, 0.2) is 5.84 Å². The van der Waals surface area contributed by atoms with Crippen LogP contribution in [0.2, 0.25) is 0 Å². The molecule has 0 aliphatic carbocycles. The molecule has 0 aromatic heterocycles. The number of carbonyl (C=O) groups excluding carboxylic acids is 1. The number of amides is 1. The molecule has 0 spiro atoms. The van der Waals surface area contributed by atoms with Crippen LogP contribution in [0, 0.1) is 0 Å². The van der Waals surface area contributed by atoms with Gasteiger partial charge < -0.3 is 16.0 Å². The Morgan fingerprint density at radius 3 is 3.15 bits per heavy atom. The molecule has 3 heterocycles. The molecule has 0 radical (unpaired) electrons. The number of fused-ring (bicyclic) bond motifs is 1. The van der Waals surface area contributed by atoms with Crippen LogP contribution in [-0.4, -0.2) is 35.7 Å². The maximum Gasteiger partial charge on any atom is 0.264 e. The van der Waals surface area contributed by atoms with E-state index < -0.39 is 0 Å². The number of amidine groups is 1. The highest BCUT2D eigenvalue weighted by atomic mass is 35.5. The molecule has 7 nitrogen and oxygen atoms in total. The number of thioether (sulfide) groups is 1. The van der Waals surface area contributed by atoms with E-state index in [1.54, 1.807) is 12.4 Å². The fourth-order valence-corrected chi connectivity index (χ4v) is 2.72. The van der Waals surface area contributed by atoms with E-state index in [1.165, 1.54) is 16.8 Å². The van der Waals surface area contributed by atoms with Gasteiger partial charge in [-0.25, -0.2) is 10.8 Å². The van der Waals surface area contributed by atoms with Crippen molar-refractivity contribution in [3.63, 3.8) is 0 Å². The molecule has 0 saturated heterocycles. The van der Waals surface area contributed by atoms with Crippen molar-refractivity contribution in [3.8, 4) is 0 Å². The van der Waals surface area contributed by atoms with Crippen LogP contribution in [-0.2, 0) is 4.79 Å². The van der Waals surface area contributed by atoms with E-state index >= 15 is 0 Å². The van der Waals surface area contributed by atoms with Gasteiger partial charge in [-0.1, -0.05) is 0 Å². The van der Waals surface area contributed by atoms with Gasteiger partial charge in [0.05, 0.1) is 10.5 Å². The van der Waals surface area contributed by atoms with Gasteiger partial charge >= 0.3 is 0 Å². The summed E-state index contributed by atoms with van der Waals surface area (Å²) in [6.07, 6.45) is 5.23. The Morgan fingerprint density at radius 2 is 2.40 bits per heavy atom. The lowest BCUT2D eigenvalue weighted by Gasteiger charge is -2.28. The average Bonchev–Trinajstić information content (AvgIpc) is 2.93. The molecule has 0 atom stereocenters. The second-order valence-corrected chi connectivity index (χ2v) is 5.26. The van der Waals surface area contributed by atoms with Crippen molar-refractivity contribution in [2.45, 2.75) is 0 Å². The third-order valence-corrected chi connectivity index (χ3v) is 3.87. The van der Waals surface area contributed by atoms with Crippen LogP contribution >= 0.6 is 24.2 Å². The quantitative estimate of drug-likeness (QED) is 0.517. The fourth-order valence-electron chi connectivity index (χ4n) is 1.93. The Balaban J connectivity index is 0.00000147. The number of aliphatic imine (C=N–C) groups is 1. The summed E-state index contributed by atoms with van der Waals surface area (Å²) >= 11 is 1.54. The predicted molar refractivity (Wildman–Crippen MR) is 81.6 cm³/mol. The molecule has 0 saturated carbocycles. The first kappa shape index (κ1) is 14.8. The van der Waals surface area contributed by atoms with Gasteiger partial charge in [0, 0.05) is 24.7 Å². The van der Waals surface area contributed by atoms with Crippen LogP contribution in [0.25, 0.3) is 0 Å². The molecule has 0 aromatic rings. The number of carbonyl (C=O) groups is 1. The van der Waals surface area contributed by atoms with Crippen LogP contribution in [0.4, 0.5) is 0 Å². The second kappa shape index (κ2) is 6.21. The number of nitrogens with zero attached hydrogens (tertiary/aromatic N) is 2. The van der Waals surface area contributed by atoms with Crippen molar-refractivity contribution in [1.82, 2.24) is 21.0 Å². The standard InChI is InChI=1S/C11H14N6OS.ClH/c12-17-6-15-9(7-1-2-14-10(7)17)16-11(18)8-5-13-3-4-19-8;/h1-2,5,13,15H,3-4,6,12H2,(H,16,18);1H. The summed E-state index contributed by atoms with van der Waals surface area (Å²) < 4.78 is 0. The normalized spacial score (nSPS) is 20.1. The predicted octanol–water partition coefficient (Wildman–Crippen LogP) is -0.424. The molecule has 108 valence electrons. The zero-order chi connectivity index (χ0) is 13.2. The zero-order valence-corrected chi connectivity index (χ0v) is 12.2. The Hall–Kier alpha value is -1.64. The molecular weight excluding hydrogens is 300 g/mol. The van der Waals surface area contributed by atoms with Gasteiger partial charge in [-0.3, -0.25) is 9.80 Å². The first-order valence-corrected chi connectivity index (χ1v) is 6.87. The highest BCUT2D eigenvalue weighted by molar-refractivity contribution is 8.04. The molecule has 1 amide bonds. The number of rotatable bonds is 2. The van der Waals surface area contributed by atoms with E-state index in [-0.39, 0.29) is 18.3 Å². The molecule has 3 rings (SSSR count). The highest BCUT2D eigenvalue weighted by Gasteiger charge is 2.25.